The van der Waals surface area contributed by atoms with Gasteiger partial charge in [-0.2, -0.15) is 0 Å². The summed E-state index contributed by atoms with van der Waals surface area (Å²) in [5.74, 6) is -1.18. The summed E-state index contributed by atoms with van der Waals surface area (Å²) in [5, 5.41) is 20.1. The fourth-order valence-electron chi connectivity index (χ4n) is 1.38. The number of hydrogen-bond acceptors (Lipinski definition) is 4. The van der Waals surface area contributed by atoms with Crippen LogP contribution in [0.3, 0.4) is 0 Å². The molecule has 104 valence electrons. The number of thioether (sulfide) groups is 1. The van der Waals surface area contributed by atoms with Crippen molar-refractivity contribution in [3.05, 3.63) is 29.8 Å². The van der Waals surface area contributed by atoms with E-state index >= 15 is 0 Å². The fourth-order valence-corrected chi connectivity index (χ4v) is 2.24. The van der Waals surface area contributed by atoms with Crippen LogP contribution in [-0.2, 0) is 9.59 Å². The first-order valence-electron chi connectivity index (χ1n) is 5.86. The van der Waals surface area contributed by atoms with Gasteiger partial charge < -0.3 is 15.5 Å². The van der Waals surface area contributed by atoms with E-state index in [9.17, 15) is 9.59 Å². The molecule has 0 radical (unpaired) electrons. The molecular formula is C13H17NO4S. The smallest absolute Gasteiger partial charge is 0.332 e. The molecule has 3 N–H and O–H groups in total. The van der Waals surface area contributed by atoms with Gasteiger partial charge in [0.2, 0.25) is 5.91 Å². The van der Waals surface area contributed by atoms with Crippen molar-refractivity contribution in [3.8, 4) is 0 Å². The quantitative estimate of drug-likeness (QED) is 0.651. The van der Waals surface area contributed by atoms with Crippen molar-refractivity contribution in [2.45, 2.75) is 24.3 Å². The molecule has 0 heterocycles. The molecule has 1 atom stereocenters. The van der Waals surface area contributed by atoms with Crippen LogP contribution in [0, 0.1) is 6.92 Å². The number of aliphatic carboxylic acids is 1. The number of rotatable bonds is 7. The number of nitrogens with one attached hydrogen (secondary N) is 1. The van der Waals surface area contributed by atoms with Crippen LogP contribution in [0.5, 0.6) is 0 Å². The highest BCUT2D eigenvalue weighted by Gasteiger charge is 2.12. The molecule has 0 aromatic heterocycles. The number of aryl methyl sites for hydroxylation is 1. The minimum atomic E-state index is -1.43. The predicted molar refractivity (Wildman–Crippen MR) is 73.2 cm³/mol. The predicted octanol–water partition coefficient (Wildman–Crippen LogP) is 1.04. The molecule has 0 aliphatic rings. The Kier molecular flexibility index (Phi) is 6.38. The van der Waals surface area contributed by atoms with Crippen molar-refractivity contribution < 1.29 is 19.8 Å². The number of carboxylic acids is 1. The lowest BCUT2D eigenvalue weighted by molar-refractivity contribution is -0.147. The summed E-state index contributed by atoms with van der Waals surface area (Å²) in [6, 6.07) is 7.77. The third-order valence-electron chi connectivity index (χ3n) is 2.48. The van der Waals surface area contributed by atoms with E-state index in [-0.39, 0.29) is 24.6 Å². The second-order valence-electron chi connectivity index (χ2n) is 4.05. The summed E-state index contributed by atoms with van der Waals surface area (Å²) in [5.41, 5.74) is 1.11. The molecule has 0 spiro atoms. The van der Waals surface area contributed by atoms with Crippen LogP contribution in [0.15, 0.2) is 29.2 Å². The van der Waals surface area contributed by atoms with Gasteiger partial charge in [-0.1, -0.05) is 18.2 Å². The first-order valence-corrected chi connectivity index (χ1v) is 6.85. The minimum absolute atomic E-state index is 0.0100. The molecule has 1 unspecified atom stereocenters. The Balaban J connectivity index is 2.25. The average Bonchev–Trinajstić information content (AvgIpc) is 2.37. The molecule has 0 saturated carbocycles. The lowest BCUT2D eigenvalue weighted by atomic mass is 10.2. The Morgan fingerprint density at radius 2 is 2.05 bits per heavy atom. The van der Waals surface area contributed by atoms with Crippen LogP contribution in [0.4, 0.5) is 0 Å². The number of carbonyl (C=O) groups is 2. The summed E-state index contributed by atoms with van der Waals surface area (Å²) >= 11 is 1.43. The molecule has 0 aliphatic heterocycles. The van der Waals surface area contributed by atoms with E-state index in [0.29, 0.717) is 0 Å². The van der Waals surface area contributed by atoms with Gasteiger partial charge in [-0.25, -0.2) is 4.79 Å². The Morgan fingerprint density at radius 3 is 2.68 bits per heavy atom. The van der Waals surface area contributed by atoms with Crippen LogP contribution >= 0.6 is 11.8 Å². The third kappa shape index (κ3) is 5.76. The number of benzene rings is 1. The largest absolute Gasteiger partial charge is 0.479 e. The van der Waals surface area contributed by atoms with E-state index in [1.807, 2.05) is 31.2 Å². The number of amides is 1. The zero-order valence-corrected chi connectivity index (χ0v) is 11.4. The van der Waals surface area contributed by atoms with Crippen LogP contribution < -0.4 is 5.32 Å². The molecule has 0 aliphatic carbocycles. The molecule has 0 fully saturated rings. The Bertz CT molecular complexity index is 450. The van der Waals surface area contributed by atoms with Gasteiger partial charge in [0.05, 0.1) is 5.75 Å². The van der Waals surface area contributed by atoms with Gasteiger partial charge in [0.15, 0.2) is 6.10 Å². The second-order valence-corrected chi connectivity index (χ2v) is 5.06. The maximum absolute atomic E-state index is 11.5. The summed E-state index contributed by atoms with van der Waals surface area (Å²) in [6.07, 6.45) is -1.42. The van der Waals surface area contributed by atoms with Crippen molar-refractivity contribution in [3.63, 3.8) is 0 Å². The molecule has 19 heavy (non-hydrogen) atoms. The number of hydrogen-bond donors (Lipinski definition) is 3. The normalized spacial score (nSPS) is 11.9. The van der Waals surface area contributed by atoms with Crippen molar-refractivity contribution >= 4 is 23.6 Å². The van der Waals surface area contributed by atoms with Crippen LogP contribution in [0.2, 0.25) is 0 Å². The van der Waals surface area contributed by atoms with Gasteiger partial charge in [0.25, 0.3) is 0 Å². The molecule has 1 rings (SSSR count). The average molecular weight is 283 g/mol. The van der Waals surface area contributed by atoms with Crippen LogP contribution in [-0.4, -0.2) is 40.5 Å². The monoisotopic (exact) mass is 283 g/mol. The number of carbonyl (C=O) groups excluding carboxylic acids is 1. The highest BCUT2D eigenvalue weighted by molar-refractivity contribution is 8.00. The van der Waals surface area contributed by atoms with E-state index in [2.05, 4.69) is 5.32 Å². The summed E-state index contributed by atoms with van der Waals surface area (Å²) in [6.45, 7) is 2.13. The van der Waals surface area contributed by atoms with E-state index in [0.717, 1.165) is 10.5 Å². The van der Waals surface area contributed by atoms with Gasteiger partial charge >= 0.3 is 5.97 Å². The fraction of sp³-hybridized carbons (Fsp3) is 0.385. The maximum atomic E-state index is 11.5. The third-order valence-corrected chi connectivity index (χ3v) is 3.65. The van der Waals surface area contributed by atoms with Gasteiger partial charge in [-0.05, 0) is 18.6 Å². The van der Waals surface area contributed by atoms with Gasteiger partial charge in [0, 0.05) is 17.9 Å². The highest BCUT2D eigenvalue weighted by Crippen LogP contribution is 2.21. The first-order chi connectivity index (χ1) is 9.00. The molecule has 0 saturated heterocycles. The highest BCUT2D eigenvalue weighted by atomic mass is 32.2. The van der Waals surface area contributed by atoms with E-state index in [4.69, 9.17) is 10.2 Å². The molecule has 1 amide bonds. The molecular weight excluding hydrogens is 266 g/mol. The van der Waals surface area contributed by atoms with Gasteiger partial charge in [-0.3, -0.25) is 4.79 Å². The Hall–Kier alpha value is -1.53. The van der Waals surface area contributed by atoms with Gasteiger partial charge in [0.1, 0.15) is 0 Å². The SMILES string of the molecule is Cc1ccccc1SCC(=O)NCCC(O)C(=O)O. The number of aliphatic hydroxyl groups excluding tert-OH is 1. The summed E-state index contributed by atoms with van der Waals surface area (Å²) < 4.78 is 0. The van der Waals surface area contributed by atoms with Crippen molar-refractivity contribution in [1.82, 2.24) is 5.32 Å². The van der Waals surface area contributed by atoms with Crippen LogP contribution in [0.25, 0.3) is 0 Å². The maximum Gasteiger partial charge on any atom is 0.332 e. The number of carboxylic acid groups (broad SMARTS) is 1. The molecule has 1 aromatic carbocycles. The molecule has 5 nitrogen and oxygen atoms in total. The van der Waals surface area contributed by atoms with E-state index in [1.165, 1.54) is 11.8 Å². The lowest BCUT2D eigenvalue weighted by Crippen LogP contribution is -2.31. The summed E-state index contributed by atoms with van der Waals surface area (Å²) in [7, 11) is 0. The van der Waals surface area contributed by atoms with E-state index in [1.54, 1.807) is 0 Å². The molecule has 6 heteroatoms. The van der Waals surface area contributed by atoms with Crippen molar-refractivity contribution in [2.75, 3.05) is 12.3 Å². The van der Waals surface area contributed by atoms with Crippen molar-refractivity contribution in [2.24, 2.45) is 0 Å². The van der Waals surface area contributed by atoms with Crippen LogP contribution in [0.1, 0.15) is 12.0 Å². The zero-order valence-electron chi connectivity index (χ0n) is 10.6. The van der Waals surface area contributed by atoms with Crippen molar-refractivity contribution in [1.29, 1.82) is 0 Å². The number of aliphatic hydroxyl groups is 1. The first kappa shape index (κ1) is 15.5. The summed E-state index contributed by atoms with van der Waals surface area (Å²) in [4.78, 5) is 22.9. The van der Waals surface area contributed by atoms with Gasteiger partial charge in [-0.15, -0.1) is 11.8 Å². The minimum Gasteiger partial charge on any atom is -0.479 e. The standard InChI is InChI=1S/C13H17NO4S/c1-9-4-2-3-5-11(9)19-8-12(16)14-7-6-10(15)13(17)18/h2-5,10,15H,6-8H2,1H3,(H,14,16)(H,17,18). The Labute approximate surface area is 116 Å². The lowest BCUT2D eigenvalue weighted by Gasteiger charge is -2.08. The second kappa shape index (κ2) is 7.81. The van der Waals surface area contributed by atoms with E-state index < -0.39 is 12.1 Å². The Morgan fingerprint density at radius 1 is 1.37 bits per heavy atom. The molecule has 0 bridgehead atoms. The topological polar surface area (TPSA) is 86.6 Å². The zero-order chi connectivity index (χ0) is 14.3. The molecule has 1 aromatic rings.